The second kappa shape index (κ2) is 8.38. The van der Waals surface area contributed by atoms with Crippen molar-refractivity contribution in [1.29, 1.82) is 0 Å². The predicted molar refractivity (Wildman–Crippen MR) is 102 cm³/mol. The van der Waals surface area contributed by atoms with Crippen molar-refractivity contribution in [3.8, 4) is 0 Å². The minimum absolute atomic E-state index is 0.0659. The fourth-order valence-electron chi connectivity index (χ4n) is 2.23. The third-order valence-corrected chi connectivity index (χ3v) is 4.63. The van der Waals surface area contributed by atoms with Gasteiger partial charge in [0.25, 0.3) is 0 Å². The first-order valence-corrected chi connectivity index (χ1v) is 9.22. The van der Waals surface area contributed by atoms with Gasteiger partial charge in [-0.05, 0) is 52.0 Å². The molecule has 2 amide bonds. The van der Waals surface area contributed by atoms with E-state index in [0.29, 0.717) is 16.7 Å². The van der Waals surface area contributed by atoms with Crippen LogP contribution in [0.1, 0.15) is 26.6 Å². The summed E-state index contributed by atoms with van der Waals surface area (Å²) >= 11 is 1.15. The zero-order valence-electron chi connectivity index (χ0n) is 15.7. The molecule has 146 valence electrons. The number of hydrogen-bond donors (Lipinski definition) is 2. The number of carbonyl (C=O) groups is 2. The minimum Gasteiger partial charge on any atom is -0.336 e. The zero-order valence-corrected chi connectivity index (χ0v) is 16.5. The Morgan fingerprint density at radius 1 is 1.26 bits per heavy atom. The van der Waals surface area contributed by atoms with E-state index in [2.05, 4.69) is 15.5 Å². The SMILES string of the molecule is Cc1nnc(SCC(=O)N(CC(=O)Nc2ccc(F)cc2)C(C)(C)C)n1N. The van der Waals surface area contributed by atoms with Crippen LogP contribution in [0.5, 0.6) is 0 Å². The molecule has 10 heteroatoms. The lowest BCUT2D eigenvalue weighted by Crippen LogP contribution is -2.50. The molecule has 1 heterocycles. The number of rotatable bonds is 6. The largest absolute Gasteiger partial charge is 0.336 e. The van der Waals surface area contributed by atoms with Gasteiger partial charge >= 0.3 is 0 Å². The quantitative estimate of drug-likeness (QED) is 0.572. The molecule has 0 saturated heterocycles. The number of aromatic nitrogens is 3. The van der Waals surface area contributed by atoms with Crippen LogP contribution in [0.25, 0.3) is 0 Å². The molecule has 0 aliphatic rings. The highest BCUT2D eigenvalue weighted by Gasteiger charge is 2.28. The Hall–Kier alpha value is -2.62. The summed E-state index contributed by atoms with van der Waals surface area (Å²) in [6, 6.07) is 5.43. The number of carbonyl (C=O) groups excluding carboxylic acids is 2. The molecule has 0 aliphatic heterocycles. The van der Waals surface area contributed by atoms with E-state index >= 15 is 0 Å². The Bertz CT molecular complexity index is 816. The van der Waals surface area contributed by atoms with E-state index < -0.39 is 5.54 Å². The lowest BCUT2D eigenvalue weighted by Gasteiger charge is -2.35. The van der Waals surface area contributed by atoms with E-state index in [1.807, 2.05) is 20.8 Å². The van der Waals surface area contributed by atoms with Crippen LogP contribution < -0.4 is 11.2 Å². The van der Waals surface area contributed by atoms with E-state index in [0.717, 1.165) is 11.8 Å². The first-order chi connectivity index (χ1) is 12.6. The molecule has 0 radical (unpaired) electrons. The summed E-state index contributed by atoms with van der Waals surface area (Å²) in [5.41, 5.74) is -0.104. The van der Waals surface area contributed by atoms with Gasteiger partial charge in [0.2, 0.25) is 17.0 Å². The molecule has 0 unspecified atom stereocenters. The van der Waals surface area contributed by atoms with Gasteiger partial charge in [-0.15, -0.1) is 10.2 Å². The van der Waals surface area contributed by atoms with Crippen molar-refractivity contribution >= 4 is 29.3 Å². The smallest absolute Gasteiger partial charge is 0.244 e. The second-order valence-electron chi connectivity index (χ2n) is 6.89. The van der Waals surface area contributed by atoms with Crippen molar-refractivity contribution in [2.45, 2.75) is 38.4 Å². The first kappa shape index (κ1) is 20.7. The summed E-state index contributed by atoms with van der Waals surface area (Å²) in [4.78, 5) is 26.5. The highest BCUT2D eigenvalue weighted by Crippen LogP contribution is 2.19. The Kier molecular flexibility index (Phi) is 6.42. The summed E-state index contributed by atoms with van der Waals surface area (Å²) in [6.07, 6.45) is 0. The number of amides is 2. The van der Waals surface area contributed by atoms with Crippen LogP contribution >= 0.6 is 11.8 Å². The van der Waals surface area contributed by atoms with E-state index in [-0.39, 0.29) is 29.9 Å². The van der Waals surface area contributed by atoms with Gasteiger partial charge in [-0.25, -0.2) is 9.07 Å². The van der Waals surface area contributed by atoms with Crippen LogP contribution in [0.3, 0.4) is 0 Å². The van der Waals surface area contributed by atoms with Gasteiger partial charge in [-0.1, -0.05) is 11.8 Å². The molecular formula is C17H23FN6O2S. The monoisotopic (exact) mass is 394 g/mol. The second-order valence-corrected chi connectivity index (χ2v) is 7.84. The molecule has 0 fully saturated rings. The van der Waals surface area contributed by atoms with Gasteiger partial charge in [0, 0.05) is 11.2 Å². The number of nitrogens with zero attached hydrogens (tertiary/aromatic N) is 4. The molecule has 1 aromatic carbocycles. The zero-order chi connectivity index (χ0) is 20.2. The van der Waals surface area contributed by atoms with Crippen LogP contribution in [-0.2, 0) is 9.59 Å². The maximum Gasteiger partial charge on any atom is 0.244 e. The third kappa shape index (κ3) is 5.68. The molecule has 0 saturated carbocycles. The molecule has 2 aromatic rings. The summed E-state index contributed by atoms with van der Waals surface area (Å²) in [7, 11) is 0. The molecule has 3 N–H and O–H groups in total. The molecule has 27 heavy (non-hydrogen) atoms. The van der Waals surface area contributed by atoms with Crippen LogP contribution in [0.15, 0.2) is 29.4 Å². The molecule has 2 rings (SSSR count). The average molecular weight is 394 g/mol. The number of aryl methyl sites for hydroxylation is 1. The number of nitrogen functional groups attached to an aromatic ring is 1. The number of halogens is 1. The van der Waals surface area contributed by atoms with Crippen molar-refractivity contribution in [2.75, 3.05) is 23.5 Å². The van der Waals surface area contributed by atoms with Crippen LogP contribution in [0.4, 0.5) is 10.1 Å². The molecule has 0 atom stereocenters. The van der Waals surface area contributed by atoms with E-state index in [1.54, 1.807) is 6.92 Å². The highest BCUT2D eigenvalue weighted by atomic mass is 32.2. The highest BCUT2D eigenvalue weighted by molar-refractivity contribution is 7.99. The third-order valence-electron chi connectivity index (χ3n) is 3.70. The van der Waals surface area contributed by atoms with Gasteiger partial charge in [0.05, 0.1) is 5.75 Å². The normalized spacial score (nSPS) is 11.3. The van der Waals surface area contributed by atoms with Crippen molar-refractivity contribution < 1.29 is 14.0 Å². The topological polar surface area (TPSA) is 106 Å². The van der Waals surface area contributed by atoms with Crippen LogP contribution in [0, 0.1) is 12.7 Å². The van der Waals surface area contributed by atoms with Crippen LogP contribution in [0.2, 0.25) is 0 Å². The summed E-state index contributed by atoms with van der Waals surface area (Å²) in [6.45, 7) is 7.11. The molecule has 0 spiro atoms. The number of hydrogen-bond acceptors (Lipinski definition) is 6. The summed E-state index contributed by atoms with van der Waals surface area (Å²) in [5, 5.41) is 10.8. The lowest BCUT2D eigenvalue weighted by molar-refractivity contribution is -0.137. The fraction of sp³-hybridized carbons (Fsp3) is 0.412. The van der Waals surface area contributed by atoms with E-state index in [4.69, 9.17) is 5.84 Å². The number of anilines is 1. The van der Waals surface area contributed by atoms with Crippen molar-refractivity contribution in [3.63, 3.8) is 0 Å². The Morgan fingerprint density at radius 2 is 1.89 bits per heavy atom. The van der Waals surface area contributed by atoms with Crippen molar-refractivity contribution in [1.82, 2.24) is 19.8 Å². The Morgan fingerprint density at radius 3 is 2.41 bits per heavy atom. The standard InChI is InChI=1S/C17H23FN6O2S/c1-11-21-22-16(24(11)19)27-10-15(26)23(17(2,3)4)9-14(25)20-13-7-5-12(18)6-8-13/h5-8H,9-10,19H2,1-4H3,(H,20,25). The maximum atomic E-state index is 13.0. The maximum absolute atomic E-state index is 13.0. The Labute approximate surface area is 161 Å². The number of nitrogens with two attached hydrogens (primary N) is 1. The van der Waals surface area contributed by atoms with Gasteiger partial charge in [0.15, 0.2) is 0 Å². The molecule has 0 aliphatic carbocycles. The number of benzene rings is 1. The van der Waals surface area contributed by atoms with Gasteiger partial charge in [-0.3, -0.25) is 9.59 Å². The number of thioether (sulfide) groups is 1. The first-order valence-electron chi connectivity index (χ1n) is 8.23. The predicted octanol–water partition coefficient (Wildman–Crippen LogP) is 1.80. The lowest BCUT2D eigenvalue weighted by atomic mass is 10.1. The molecule has 1 aromatic heterocycles. The van der Waals surface area contributed by atoms with Gasteiger partial charge < -0.3 is 16.1 Å². The van der Waals surface area contributed by atoms with Crippen molar-refractivity contribution in [2.24, 2.45) is 0 Å². The van der Waals surface area contributed by atoms with Gasteiger partial charge in [0.1, 0.15) is 18.2 Å². The number of nitrogens with one attached hydrogen (secondary N) is 1. The average Bonchev–Trinajstić information content (AvgIpc) is 2.90. The van der Waals surface area contributed by atoms with Gasteiger partial charge in [-0.2, -0.15) is 0 Å². The minimum atomic E-state index is -0.565. The molecular weight excluding hydrogens is 371 g/mol. The molecule has 8 nitrogen and oxygen atoms in total. The summed E-state index contributed by atoms with van der Waals surface area (Å²) in [5.74, 6) is 5.40. The summed E-state index contributed by atoms with van der Waals surface area (Å²) < 4.78 is 14.3. The fourth-order valence-corrected chi connectivity index (χ4v) is 3.01. The van der Waals surface area contributed by atoms with Crippen molar-refractivity contribution in [3.05, 3.63) is 35.9 Å². The van der Waals surface area contributed by atoms with E-state index in [1.165, 1.54) is 33.8 Å². The molecule has 0 bridgehead atoms. The Balaban J connectivity index is 2.01. The van der Waals surface area contributed by atoms with E-state index in [9.17, 15) is 14.0 Å². The van der Waals surface area contributed by atoms with Crippen LogP contribution in [-0.4, -0.2) is 49.4 Å².